The molecule has 6 heteroatoms. The van der Waals surface area contributed by atoms with Gasteiger partial charge in [-0.05, 0) is 56.4 Å². The number of piperidine rings is 1. The van der Waals surface area contributed by atoms with Gasteiger partial charge < -0.3 is 15.1 Å². The van der Waals surface area contributed by atoms with E-state index in [1.807, 2.05) is 56.0 Å². The van der Waals surface area contributed by atoms with Crippen molar-refractivity contribution in [3.8, 4) is 0 Å². The van der Waals surface area contributed by atoms with Gasteiger partial charge in [0.25, 0.3) is 5.91 Å². The number of likely N-dealkylation sites (tertiary alicyclic amines) is 1. The molecule has 32 heavy (non-hydrogen) atoms. The summed E-state index contributed by atoms with van der Waals surface area (Å²) in [5.74, 6) is -0.786. The zero-order valence-electron chi connectivity index (χ0n) is 19.2. The summed E-state index contributed by atoms with van der Waals surface area (Å²) >= 11 is 0. The lowest BCUT2D eigenvalue weighted by molar-refractivity contribution is -0.132. The molecule has 170 valence electrons. The van der Waals surface area contributed by atoms with Crippen molar-refractivity contribution < 1.29 is 14.4 Å². The molecule has 3 amide bonds. The fourth-order valence-corrected chi connectivity index (χ4v) is 3.90. The van der Waals surface area contributed by atoms with E-state index in [1.165, 1.54) is 4.90 Å². The highest BCUT2D eigenvalue weighted by Crippen LogP contribution is 2.20. The van der Waals surface area contributed by atoms with E-state index in [9.17, 15) is 14.4 Å². The summed E-state index contributed by atoms with van der Waals surface area (Å²) in [4.78, 5) is 42.9. The van der Waals surface area contributed by atoms with Crippen molar-refractivity contribution in [2.45, 2.75) is 46.1 Å². The summed E-state index contributed by atoms with van der Waals surface area (Å²) in [5.41, 5.74) is 2.23. The third kappa shape index (κ3) is 5.96. The molecule has 1 unspecified atom stereocenters. The van der Waals surface area contributed by atoms with E-state index in [1.54, 1.807) is 24.3 Å². The predicted molar refractivity (Wildman–Crippen MR) is 126 cm³/mol. The van der Waals surface area contributed by atoms with E-state index in [2.05, 4.69) is 5.32 Å². The van der Waals surface area contributed by atoms with Crippen LogP contribution in [0.1, 0.15) is 49.0 Å². The molecule has 6 nitrogen and oxygen atoms in total. The number of nitrogens with one attached hydrogen (secondary N) is 1. The van der Waals surface area contributed by atoms with E-state index < -0.39 is 6.04 Å². The predicted octanol–water partition coefficient (Wildman–Crippen LogP) is 3.80. The Bertz CT molecular complexity index is 919. The van der Waals surface area contributed by atoms with Gasteiger partial charge in [-0.1, -0.05) is 49.7 Å². The Morgan fingerprint density at radius 3 is 2.16 bits per heavy atom. The van der Waals surface area contributed by atoms with Gasteiger partial charge in [0, 0.05) is 24.3 Å². The minimum absolute atomic E-state index is 0.0354. The molecular formula is C26H33N3O3. The lowest BCUT2D eigenvalue weighted by Crippen LogP contribution is -2.54. The number of hydrogen-bond donors (Lipinski definition) is 1. The van der Waals surface area contributed by atoms with Crippen LogP contribution in [0.2, 0.25) is 0 Å². The molecule has 1 fully saturated rings. The zero-order chi connectivity index (χ0) is 23.1. The van der Waals surface area contributed by atoms with Crippen LogP contribution in [0.5, 0.6) is 0 Å². The van der Waals surface area contributed by atoms with Crippen LogP contribution in [0.25, 0.3) is 0 Å². The number of hydrogen-bond acceptors (Lipinski definition) is 3. The number of carbonyl (C=O) groups is 3. The van der Waals surface area contributed by atoms with Gasteiger partial charge in [-0.3, -0.25) is 14.4 Å². The lowest BCUT2D eigenvalue weighted by atomic mass is 10.0. The molecule has 2 aromatic rings. The minimum Gasteiger partial charge on any atom is -0.341 e. The van der Waals surface area contributed by atoms with Crippen molar-refractivity contribution in [1.29, 1.82) is 0 Å². The lowest BCUT2D eigenvalue weighted by Gasteiger charge is -2.33. The number of nitrogens with zero attached hydrogens (tertiary/aromatic N) is 2. The third-order valence-corrected chi connectivity index (χ3v) is 5.87. The summed E-state index contributed by atoms with van der Waals surface area (Å²) in [7, 11) is 0. The van der Waals surface area contributed by atoms with Crippen LogP contribution in [0.4, 0.5) is 5.69 Å². The van der Waals surface area contributed by atoms with Crippen LogP contribution >= 0.6 is 0 Å². The maximum absolute atomic E-state index is 13.7. The van der Waals surface area contributed by atoms with Crippen molar-refractivity contribution in [1.82, 2.24) is 10.2 Å². The topological polar surface area (TPSA) is 69.7 Å². The summed E-state index contributed by atoms with van der Waals surface area (Å²) < 4.78 is 0. The van der Waals surface area contributed by atoms with Crippen LogP contribution in [0.3, 0.4) is 0 Å². The monoisotopic (exact) mass is 435 g/mol. The Labute approximate surface area is 190 Å². The Hall–Kier alpha value is -3.15. The highest BCUT2D eigenvalue weighted by atomic mass is 16.2. The fraction of sp³-hybridized carbons (Fsp3) is 0.423. The second-order valence-corrected chi connectivity index (χ2v) is 8.76. The minimum atomic E-state index is -0.752. The van der Waals surface area contributed by atoms with E-state index in [0.717, 1.165) is 37.9 Å². The number of benzene rings is 2. The molecule has 1 heterocycles. The van der Waals surface area contributed by atoms with Crippen molar-refractivity contribution in [3.63, 3.8) is 0 Å². The van der Waals surface area contributed by atoms with E-state index in [-0.39, 0.29) is 30.2 Å². The standard InChI is InChI=1S/C26H33N3O3/c1-19(2)24(27-25(31)21-10-6-4-7-11-21)26(32)29(22-14-12-20(3)13-15-22)18-23(30)28-16-8-5-9-17-28/h4,6-7,10-15,19,24H,5,8-9,16-18H2,1-3H3,(H,27,31). The molecule has 1 saturated heterocycles. The highest BCUT2D eigenvalue weighted by Gasteiger charge is 2.32. The summed E-state index contributed by atoms with van der Waals surface area (Å²) in [6.45, 7) is 7.19. The summed E-state index contributed by atoms with van der Waals surface area (Å²) in [6.07, 6.45) is 3.11. The van der Waals surface area contributed by atoms with E-state index in [4.69, 9.17) is 0 Å². The first kappa shape index (κ1) is 23.5. The summed E-state index contributed by atoms with van der Waals surface area (Å²) in [6, 6.07) is 15.7. The number of anilines is 1. The summed E-state index contributed by atoms with van der Waals surface area (Å²) in [5, 5.41) is 2.89. The average Bonchev–Trinajstić information content (AvgIpc) is 2.82. The normalized spacial score (nSPS) is 14.7. The quantitative estimate of drug-likeness (QED) is 0.719. The molecule has 0 spiro atoms. The molecular weight excluding hydrogens is 402 g/mol. The molecule has 0 aliphatic carbocycles. The first-order valence-corrected chi connectivity index (χ1v) is 11.4. The number of aryl methyl sites for hydroxylation is 1. The van der Waals surface area contributed by atoms with Gasteiger partial charge >= 0.3 is 0 Å². The van der Waals surface area contributed by atoms with Crippen molar-refractivity contribution in [2.75, 3.05) is 24.5 Å². The SMILES string of the molecule is Cc1ccc(N(CC(=O)N2CCCCC2)C(=O)C(NC(=O)c2ccccc2)C(C)C)cc1. The van der Waals surface area contributed by atoms with Gasteiger partial charge in [0.15, 0.2) is 0 Å². The van der Waals surface area contributed by atoms with Gasteiger partial charge in [0.2, 0.25) is 11.8 Å². The molecule has 0 saturated carbocycles. The Kier molecular flexibility index (Phi) is 8.03. The Balaban J connectivity index is 1.84. The van der Waals surface area contributed by atoms with Crippen LogP contribution in [0.15, 0.2) is 54.6 Å². The Morgan fingerprint density at radius 1 is 0.938 bits per heavy atom. The smallest absolute Gasteiger partial charge is 0.251 e. The zero-order valence-corrected chi connectivity index (χ0v) is 19.2. The molecule has 0 radical (unpaired) electrons. The first-order valence-electron chi connectivity index (χ1n) is 11.4. The van der Waals surface area contributed by atoms with Crippen LogP contribution < -0.4 is 10.2 Å². The molecule has 1 aliphatic heterocycles. The molecule has 1 atom stereocenters. The number of rotatable bonds is 7. The second-order valence-electron chi connectivity index (χ2n) is 8.76. The fourth-order valence-electron chi connectivity index (χ4n) is 3.90. The maximum atomic E-state index is 13.7. The molecule has 0 bridgehead atoms. The van der Waals surface area contributed by atoms with Gasteiger partial charge in [-0.2, -0.15) is 0 Å². The molecule has 1 aliphatic rings. The van der Waals surface area contributed by atoms with Crippen LogP contribution in [-0.4, -0.2) is 48.3 Å². The van der Waals surface area contributed by atoms with Gasteiger partial charge in [-0.15, -0.1) is 0 Å². The molecule has 0 aromatic heterocycles. The van der Waals surface area contributed by atoms with Gasteiger partial charge in [0.05, 0.1) is 0 Å². The highest BCUT2D eigenvalue weighted by molar-refractivity contribution is 6.04. The second kappa shape index (κ2) is 10.9. The molecule has 3 rings (SSSR count). The van der Waals surface area contributed by atoms with Crippen molar-refractivity contribution in [2.24, 2.45) is 5.92 Å². The average molecular weight is 436 g/mol. The van der Waals surface area contributed by atoms with Crippen LogP contribution in [-0.2, 0) is 9.59 Å². The van der Waals surface area contributed by atoms with Gasteiger partial charge in [0.1, 0.15) is 12.6 Å². The van der Waals surface area contributed by atoms with E-state index >= 15 is 0 Å². The Morgan fingerprint density at radius 2 is 1.56 bits per heavy atom. The number of amides is 3. The molecule has 1 N–H and O–H groups in total. The van der Waals surface area contributed by atoms with Crippen molar-refractivity contribution >= 4 is 23.4 Å². The van der Waals surface area contributed by atoms with Crippen molar-refractivity contribution in [3.05, 3.63) is 65.7 Å². The van der Waals surface area contributed by atoms with E-state index in [0.29, 0.717) is 11.3 Å². The number of carbonyl (C=O) groups excluding carboxylic acids is 3. The van der Waals surface area contributed by atoms with Crippen LogP contribution in [0, 0.1) is 12.8 Å². The largest absolute Gasteiger partial charge is 0.341 e. The third-order valence-electron chi connectivity index (χ3n) is 5.87. The van der Waals surface area contributed by atoms with Gasteiger partial charge in [-0.25, -0.2) is 0 Å². The first-order chi connectivity index (χ1) is 15.4. The maximum Gasteiger partial charge on any atom is 0.251 e. The molecule has 2 aromatic carbocycles.